The average molecular weight is 129 g/mol. The second-order valence-electron chi connectivity index (χ2n) is 2.01. The van der Waals surface area contributed by atoms with Crippen LogP contribution >= 0.6 is 0 Å². The Morgan fingerprint density at radius 2 is 2.40 bits per heavy atom. The molecule has 2 aromatic heterocycles. The van der Waals surface area contributed by atoms with Crippen LogP contribution in [0.4, 0.5) is 0 Å². The molecule has 0 aliphatic heterocycles. The van der Waals surface area contributed by atoms with Crippen LogP contribution < -0.4 is 5.59 Å². The maximum absolute atomic E-state index is 5.50. The lowest BCUT2D eigenvalue weighted by Gasteiger charge is -1.84. The van der Waals surface area contributed by atoms with Crippen molar-refractivity contribution in [2.45, 2.75) is 0 Å². The maximum Gasteiger partial charge on any atom is 0.144 e. The van der Waals surface area contributed by atoms with Gasteiger partial charge in [-0.3, -0.25) is 10.1 Å². The van der Waals surface area contributed by atoms with Crippen molar-refractivity contribution in [2.75, 3.05) is 0 Å². The Hall–Kier alpha value is -1.32. The van der Waals surface area contributed by atoms with Gasteiger partial charge in [-0.15, -0.1) is 0 Å². The third-order valence-electron chi connectivity index (χ3n) is 1.34. The molecule has 0 bridgehead atoms. The number of nitrogens with one attached hydrogen (secondary N) is 1. The Bertz CT molecular complexity index is 355. The zero-order chi connectivity index (χ0) is 6.97. The van der Waals surface area contributed by atoms with Gasteiger partial charge in [-0.2, -0.15) is 5.10 Å². The maximum atomic E-state index is 5.50. The van der Waals surface area contributed by atoms with Gasteiger partial charge in [-0.25, -0.2) is 0 Å². The molecule has 0 aromatic carbocycles. The van der Waals surface area contributed by atoms with Crippen molar-refractivity contribution in [1.82, 2.24) is 15.2 Å². The highest BCUT2D eigenvalue weighted by molar-refractivity contribution is 6.36. The van der Waals surface area contributed by atoms with Gasteiger partial charge < -0.3 is 0 Å². The van der Waals surface area contributed by atoms with Crippen LogP contribution in [0.2, 0.25) is 0 Å². The number of nitrogens with zero attached hydrogens (tertiary/aromatic N) is 2. The second kappa shape index (κ2) is 1.83. The summed E-state index contributed by atoms with van der Waals surface area (Å²) in [5.74, 6) is 0. The molecular formula is C6H4BN3. The monoisotopic (exact) mass is 129 g/mol. The lowest BCUT2D eigenvalue weighted by atomic mass is 10.0. The van der Waals surface area contributed by atoms with E-state index in [0.29, 0.717) is 5.59 Å². The first kappa shape index (κ1) is 5.47. The fourth-order valence-electron chi connectivity index (χ4n) is 0.868. The van der Waals surface area contributed by atoms with E-state index in [4.69, 9.17) is 7.85 Å². The van der Waals surface area contributed by atoms with E-state index < -0.39 is 0 Å². The van der Waals surface area contributed by atoms with Crippen LogP contribution in [0, 0.1) is 0 Å². The van der Waals surface area contributed by atoms with Crippen LogP contribution in [-0.4, -0.2) is 23.0 Å². The number of aromatic nitrogens is 3. The van der Waals surface area contributed by atoms with Gasteiger partial charge in [-0.1, -0.05) is 0 Å². The molecule has 2 radical (unpaired) electrons. The third-order valence-corrected chi connectivity index (χ3v) is 1.34. The van der Waals surface area contributed by atoms with E-state index in [9.17, 15) is 0 Å². The molecule has 0 saturated heterocycles. The van der Waals surface area contributed by atoms with E-state index in [1.807, 2.05) is 12.1 Å². The van der Waals surface area contributed by atoms with Gasteiger partial charge in [-0.05, 0) is 12.1 Å². The number of aromatic amines is 1. The molecule has 0 spiro atoms. The van der Waals surface area contributed by atoms with Gasteiger partial charge in [0.1, 0.15) is 18.9 Å². The van der Waals surface area contributed by atoms with Gasteiger partial charge in [0.2, 0.25) is 0 Å². The number of H-pyrrole nitrogens is 1. The van der Waals surface area contributed by atoms with Crippen LogP contribution in [0.5, 0.6) is 0 Å². The molecule has 0 amide bonds. The van der Waals surface area contributed by atoms with Crippen molar-refractivity contribution >= 4 is 24.5 Å². The molecule has 2 heterocycles. The van der Waals surface area contributed by atoms with Crippen molar-refractivity contribution in [3.8, 4) is 0 Å². The number of pyridine rings is 1. The summed E-state index contributed by atoms with van der Waals surface area (Å²) in [4.78, 5) is 4.02. The van der Waals surface area contributed by atoms with E-state index in [1.54, 1.807) is 6.20 Å². The van der Waals surface area contributed by atoms with Gasteiger partial charge >= 0.3 is 0 Å². The number of hydrogen-bond donors (Lipinski definition) is 1. The Labute approximate surface area is 58.9 Å². The Morgan fingerprint density at radius 1 is 1.50 bits per heavy atom. The van der Waals surface area contributed by atoms with Crippen molar-refractivity contribution in [3.63, 3.8) is 0 Å². The fraction of sp³-hybridized carbons (Fsp3) is 0. The molecule has 0 saturated carbocycles. The molecule has 10 heavy (non-hydrogen) atoms. The Kier molecular flexibility index (Phi) is 1.00. The molecule has 3 nitrogen and oxygen atoms in total. The zero-order valence-electron chi connectivity index (χ0n) is 5.20. The first-order chi connectivity index (χ1) is 4.88. The molecule has 0 fully saturated rings. The van der Waals surface area contributed by atoms with Crippen molar-refractivity contribution in [3.05, 3.63) is 18.3 Å². The predicted molar refractivity (Wildman–Crippen MR) is 39.3 cm³/mol. The minimum Gasteiger partial charge on any atom is -0.291 e. The molecule has 0 unspecified atom stereocenters. The molecular weight excluding hydrogens is 125 g/mol. The largest absolute Gasteiger partial charge is 0.291 e. The van der Waals surface area contributed by atoms with Crippen LogP contribution in [0.25, 0.3) is 11.0 Å². The minimum atomic E-state index is 0.524. The smallest absolute Gasteiger partial charge is 0.144 e. The zero-order valence-corrected chi connectivity index (χ0v) is 5.20. The summed E-state index contributed by atoms with van der Waals surface area (Å²) in [6.45, 7) is 0. The SMILES string of the molecule is [B]c1[nH]nc2cccnc12. The molecule has 2 rings (SSSR count). The highest BCUT2D eigenvalue weighted by atomic mass is 15.1. The first-order valence-electron chi connectivity index (χ1n) is 2.92. The fourth-order valence-corrected chi connectivity index (χ4v) is 0.868. The van der Waals surface area contributed by atoms with E-state index >= 15 is 0 Å². The van der Waals surface area contributed by atoms with Crippen molar-refractivity contribution in [2.24, 2.45) is 0 Å². The van der Waals surface area contributed by atoms with Crippen LogP contribution in [0.15, 0.2) is 18.3 Å². The minimum absolute atomic E-state index is 0.524. The van der Waals surface area contributed by atoms with E-state index in [-0.39, 0.29) is 0 Å². The topological polar surface area (TPSA) is 41.6 Å². The van der Waals surface area contributed by atoms with Gasteiger partial charge in [0.25, 0.3) is 0 Å². The summed E-state index contributed by atoms with van der Waals surface area (Å²) in [7, 11) is 5.50. The average Bonchev–Trinajstić information content (AvgIpc) is 2.34. The molecule has 4 heteroatoms. The summed E-state index contributed by atoms with van der Waals surface area (Å²) in [6, 6.07) is 3.68. The molecule has 46 valence electrons. The van der Waals surface area contributed by atoms with E-state index in [1.165, 1.54) is 0 Å². The normalized spacial score (nSPS) is 10.4. The lowest BCUT2D eigenvalue weighted by Crippen LogP contribution is -2.03. The summed E-state index contributed by atoms with van der Waals surface area (Å²) in [5.41, 5.74) is 2.07. The lowest BCUT2D eigenvalue weighted by molar-refractivity contribution is 1.14. The van der Waals surface area contributed by atoms with Crippen LogP contribution in [-0.2, 0) is 0 Å². The number of rotatable bonds is 0. The summed E-state index contributed by atoms with van der Waals surface area (Å²) < 4.78 is 0. The molecule has 0 aliphatic carbocycles. The number of fused-ring (bicyclic) bond motifs is 1. The van der Waals surface area contributed by atoms with Crippen LogP contribution in [0.3, 0.4) is 0 Å². The number of hydrogen-bond acceptors (Lipinski definition) is 2. The Balaban J connectivity index is 2.93. The first-order valence-corrected chi connectivity index (χ1v) is 2.92. The molecule has 2 aromatic rings. The molecule has 1 N–H and O–H groups in total. The summed E-state index contributed by atoms with van der Waals surface area (Å²) >= 11 is 0. The molecule has 0 atom stereocenters. The van der Waals surface area contributed by atoms with Crippen molar-refractivity contribution in [1.29, 1.82) is 0 Å². The summed E-state index contributed by atoms with van der Waals surface area (Å²) in [6.07, 6.45) is 1.69. The quantitative estimate of drug-likeness (QED) is 0.498. The second-order valence-corrected chi connectivity index (χ2v) is 2.01. The van der Waals surface area contributed by atoms with Gasteiger partial charge in [0, 0.05) is 11.8 Å². The van der Waals surface area contributed by atoms with Gasteiger partial charge in [0.15, 0.2) is 0 Å². The van der Waals surface area contributed by atoms with E-state index in [0.717, 1.165) is 11.0 Å². The standard InChI is InChI=1S/C6H4BN3/c7-6-5-4(9-10-6)2-1-3-8-5/h1-3H,(H,9,10). The van der Waals surface area contributed by atoms with E-state index in [2.05, 4.69) is 15.2 Å². The molecule has 0 aliphatic rings. The highest BCUT2D eigenvalue weighted by Crippen LogP contribution is 2.00. The highest BCUT2D eigenvalue weighted by Gasteiger charge is 1.97. The third kappa shape index (κ3) is 0.619. The van der Waals surface area contributed by atoms with Gasteiger partial charge in [0.05, 0.1) is 0 Å². The summed E-state index contributed by atoms with van der Waals surface area (Å²) in [5, 5.41) is 6.55. The van der Waals surface area contributed by atoms with Crippen molar-refractivity contribution < 1.29 is 0 Å². The van der Waals surface area contributed by atoms with Crippen LogP contribution in [0.1, 0.15) is 0 Å². The predicted octanol–water partition coefficient (Wildman–Crippen LogP) is -0.248. The Morgan fingerprint density at radius 3 is 3.20 bits per heavy atom.